The van der Waals surface area contributed by atoms with Crippen molar-refractivity contribution in [2.24, 2.45) is 0 Å². The van der Waals surface area contributed by atoms with E-state index in [0.717, 1.165) is 18.2 Å². The van der Waals surface area contributed by atoms with Gasteiger partial charge in [-0.1, -0.05) is 11.6 Å². The van der Waals surface area contributed by atoms with Gasteiger partial charge in [-0.2, -0.15) is 0 Å². The number of non-ortho nitro benzene ring substituents is 1. The first kappa shape index (κ1) is 21.6. The largest absolute Gasteiger partial charge is 0.495 e. The predicted molar refractivity (Wildman–Crippen MR) is 102 cm³/mol. The monoisotopic (exact) mass is 428 g/mol. The van der Waals surface area contributed by atoms with Gasteiger partial charge in [-0.15, -0.1) is 0 Å². The highest BCUT2D eigenvalue weighted by Crippen LogP contribution is 2.30. The number of hydrogen-bond donors (Lipinski definition) is 1. The van der Waals surface area contributed by atoms with E-state index in [1.807, 2.05) is 0 Å². The van der Waals surface area contributed by atoms with Crippen LogP contribution < -0.4 is 14.2 Å². The number of nitro benzene ring substituents is 1. The molecule has 0 atom stereocenters. The Kier molecular flexibility index (Phi) is 6.60. The summed E-state index contributed by atoms with van der Waals surface area (Å²) in [4.78, 5) is 22.3. The summed E-state index contributed by atoms with van der Waals surface area (Å²) < 4.78 is 37.6. The van der Waals surface area contributed by atoms with Gasteiger partial charge in [0.25, 0.3) is 5.69 Å². The number of halogens is 1. The number of carbonyl (C=O) groups excluding carboxylic acids is 1. The fraction of sp³-hybridized carbons (Fsp3) is 0.235. The number of esters is 1. The second-order valence-corrected chi connectivity index (χ2v) is 7.99. The van der Waals surface area contributed by atoms with Crippen molar-refractivity contribution in [2.75, 3.05) is 7.11 Å². The van der Waals surface area contributed by atoms with Crippen LogP contribution >= 0.6 is 11.6 Å². The van der Waals surface area contributed by atoms with E-state index < -0.39 is 20.9 Å². The summed E-state index contributed by atoms with van der Waals surface area (Å²) in [6.45, 7) is 3.30. The lowest BCUT2D eigenvalue weighted by Gasteiger charge is -2.14. The number of nitrogens with one attached hydrogen (secondary N) is 1. The molecule has 28 heavy (non-hydrogen) atoms. The average Bonchev–Trinajstić information content (AvgIpc) is 2.61. The predicted octanol–water partition coefficient (Wildman–Crippen LogP) is 3.16. The van der Waals surface area contributed by atoms with Gasteiger partial charge in [0.05, 0.1) is 22.6 Å². The fourth-order valence-electron chi connectivity index (χ4n) is 2.23. The topological polar surface area (TPSA) is 125 Å². The Morgan fingerprint density at radius 3 is 2.36 bits per heavy atom. The third kappa shape index (κ3) is 4.97. The number of hydrogen-bond acceptors (Lipinski definition) is 7. The van der Waals surface area contributed by atoms with Crippen LogP contribution in [0.3, 0.4) is 0 Å². The molecule has 0 aliphatic carbocycles. The molecule has 0 aliphatic heterocycles. The van der Waals surface area contributed by atoms with Crippen LogP contribution in [0, 0.1) is 10.1 Å². The van der Waals surface area contributed by atoms with Crippen molar-refractivity contribution in [3.8, 4) is 11.5 Å². The first-order valence-corrected chi connectivity index (χ1v) is 9.77. The number of nitrogens with zero attached hydrogens (tertiary/aromatic N) is 1. The summed E-state index contributed by atoms with van der Waals surface area (Å²) in [7, 11) is -2.63. The number of sulfonamides is 1. The Morgan fingerprint density at radius 2 is 1.82 bits per heavy atom. The Labute approximate surface area is 166 Å². The summed E-state index contributed by atoms with van der Waals surface area (Å²) in [6.07, 6.45) is 0. The number of methoxy groups -OCH3 is 1. The van der Waals surface area contributed by atoms with Crippen molar-refractivity contribution in [1.29, 1.82) is 0 Å². The lowest BCUT2D eigenvalue weighted by molar-refractivity contribution is -0.384. The van der Waals surface area contributed by atoms with Crippen molar-refractivity contribution >= 4 is 33.3 Å². The molecule has 1 N–H and O–H groups in total. The Hall–Kier alpha value is -2.69. The SMILES string of the molecule is COc1ccc(C(=O)Oc2ccc([N+](=O)[O-])cc2Cl)cc1S(=O)(=O)NC(C)C. The van der Waals surface area contributed by atoms with E-state index in [1.165, 1.54) is 25.3 Å². The lowest BCUT2D eigenvalue weighted by Crippen LogP contribution is -2.30. The summed E-state index contributed by atoms with van der Waals surface area (Å²) in [5.74, 6) is -0.935. The summed E-state index contributed by atoms with van der Waals surface area (Å²) in [5.41, 5.74) is -0.332. The first-order chi connectivity index (χ1) is 13.0. The first-order valence-electron chi connectivity index (χ1n) is 7.91. The molecule has 0 aliphatic rings. The minimum Gasteiger partial charge on any atom is -0.495 e. The van der Waals surface area contributed by atoms with Crippen LogP contribution in [0.15, 0.2) is 41.3 Å². The maximum absolute atomic E-state index is 12.5. The highest BCUT2D eigenvalue weighted by Gasteiger charge is 2.23. The van der Waals surface area contributed by atoms with Crippen molar-refractivity contribution in [3.05, 3.63) is 57.1 Å². The van der Waals surface area contributed by atoms with E-state index >= 15 is 0 Å². The van der Waals surface area contributed by atoms with Crippen molar-refractivity contribution in [3.63, 3.8) is 0 Å². The van der Waals surface area contributed by atoms with Crippen molar-refractivity contribution in [1.82, 2.24) is 4.72 Å². The minimum atomic E-state index is -3.94. The molecule has 11 heteroatoms. The summed E-state index contributed by atoms with van der Waals surface area (Å²) in [5, 5.41) is 10.6. The van der Waals surface area contributed by atoms with Gasteiger partial charge in [-0.3, -0.25) is 10.1 Å². The number of ether oxygens (including phenoxy) is 2. The van der Waals surface area contributed by atoms with Crippen LogP contribution in [0.5, 0.6) is 11.5 Å². The van der Waals surface area contributed by atoms with Gasteiger partial charge in [-0.05, 0) is 38.1 Å². The van der Waals surface area contributed by atoms with Gasteiger partial charge in [0, 0.05) is 18.2 Å². The van der Waals surface area contributed by atoms with Gasteiger partial charge in [0.1, 0.15) is 16.4 Å². The molecule has 0 amide bonds. The van der Waals surface area contributed by atoms with Crippen LogP contribution in [-0.4, -0.2) is 32.5 Å². The second kappa shape index (κ2) is 8.55. The van der Waals surface area contributed by atoms with E-state index in [9.17, 15) is 23.3 Å². The number of nitro groups is 1. The zero-order valence-corrected chi connectivity index (χ0v) is 16.7. The van der Waals surface area contributed by atoms with E-state index in [0.29, 0.717) is 0 Å². The molecule has 0 radical (unpaired) electrons. The molecule has 0 saturated carbocycles. The van der Waals surface area contributed by atoms with Gasteiger partial charge >= 0.3 is 5.97 Å². The number of carbonyl (C=O) groups is 1. The number of rotatable bonds is 7. The van der Waals surface area contributed by atoms with Crippen molar-refractivity contribution in [2.45, 2.75) is 24.8 Å². The quantitative estimate of drug-likeness (QED) is 0.310. The second-order valence-electron chi connectivity index (χ2n) is 5.90. The molecule has 2 aromatic rings. The molecule has 9 nitrogen and oxygen atoms in total. The molecular weight excluding hydrogens is 412 g/mol. The standard InChI is InChI=1S/C17H17ClN2O7S/c1-10(2)19-28(24,25)16-8-11(4-6-15(16)26-3)17(21)27-14-7-5-12(20(22)23)9-13(14)18/h4-10,19H,1-3H3. The Bertz CT molecular complexity index is 1020. The molecule has 150 valence electrons. The van der Waals surface area contributed by atoms with E-state index in [-0.39, 0.29) is 38.7 Å². The molecule has 0 bridgehead atoms. The molecule has 2 aromatic carbocycles. The molecular formula is C17H17ClN2O7S. The molecule has 0 unspecified atom stereocenters. The van der Waals surface area contributed by atoms with Crippen LogP contribution in [0.4, 0.5) is 5.69 Å². The molecule has 2 rings (SSSR count). The highest BCUT2D eigenvalue weighted by atomic mass is 35.5. The summed E-state index contributed by atoms with van der Waals surface area (Å²) in [6, 6.07) is 6.75. The Morgan fingerprint density at radius 1 is 1.18 bits per heavy atom. The zero-order chi connectivity index (χ0) is 21.1. The molecule has 0 aromatic heterocycles. The van der Waals surface area contributed by atoms with Crippen LogP contribution in [-0.2, 0) is 10.0 Å². The van der Waals surface area contributed by atoms with Gasteiger partial charge < -0.3 is 9.47 Å². The smallest absolute Gasteiger partial charge is 0.343 e. The normalized spacial score (nSPS) is 11.3. The summed E-state index contributed by atoms with van der Waals surface area (Å²) >= 11 is 5.91. The minimum absolute atomic E-state index is 0.0538. The zero-order valence-electron chi connectivity index (χ0n) is 15.1. The molecule has 0 fully saturated rings. The third-order valence-electron chi connectivity index (χ3n) is 3.41. The molecule has 0 saturated heterocycles. The van der Waals surface area contributed by atoms with Crippen LogP contribution in [0.25, 0.3) is 0 Å². The maximum atomic E-state index is 12.5. The maximum Gasteiger partial charge on any atom is 0.343 e. The van der Waals surface area contributed by atoms with Crippen LogP contribution in [0.2, 0.25) is 5.02 Å². The van der Waals surface area contributed by atoms with Gasteiger partial charge in [0.2, 0.25) is 10.0 Å². The number of benzene rings is 2. The average molecular weight is 429 g/mol. The van der Waals surface area contributed by atoms with E-state index in [2.05, 4.69) is 4.72 Å². The van der Waals surface area contributed by atoms with E-state index in [4.69, 9.17) is 21.1 Å². The fourth-order valence-corrected chi connectivity index (χ4v) is 3.89. The van der Waals surface area contributed by atoms with Gasteiger partial charge in [0.15, 0.2) is 0 Å². The Balaban J connectivity index is 2.37. The van der Waals surface area contributed by atoms with Crippen LogP contribution in [0.1, 0.15) is 24.2 Å². The molecule has 0 spiro atoms. The van der Waals surface area contributed by atoms with E-state index in [1.54, 1.807) is 13.8 Å². The third-order valence-corrected chi connectivity index (χ3v) is 5.38. The van der Waals surface area contributed by atoms with Gasteiger partial charge in [-0.25, -0.2) is 17.9 Å². The molecule has 0 heterocycles. The highest BCUT2D eigenvalue weighted by molar-refractivity contribution is 7.89. The van der Waals surface area contributed by atoms with Crippen molar-refractivity contribution < 1.29 is 27.6 Å². The lowest BCUT2D eigenvalue weighted by atomic mass is 10.2.